The van der Waals surface area contributed by atoms with Gasteiger partial charge in [-0.05, 0) is 77.3 Å². The predicted molar refractivity (Wildman–Crippen MR) is 159 cm³/mol. The molecule has 0 bridgehead atoms. The highest BCUT2D eigenvalue weighted by Crippen LogP contribution is 2.44. The first kappa shape index (κ1) is 27.3. The van der Waals surface area contributed by atoms with Crippen molar-refractivity contribution in [3.05, 3.63) is 92.1 Å². The number of piperidine rings is 1. The second-order valence-electron chi connectivity index (χ2n) is 11.7. The topological polar surface area (TPSA) is 39.5 Å². The minimum Gasteiger partial charge on any atom is -0.356 e. The third-order valence-electron chi connectivity index (χ3n) is 9.06. The van der Waals surface area contributed by atoms with E-state index in [-0.39, 0.29) is 17.6 Å². The van der Waals surface area contributed by atoms with Crippen molar-refractivity contribution in [2.45, 2.75) is 49.9 Å². The zero-order valence-corrected chi connectivity index (χ0v) is 24.5. The maximum Gasteiger partial charge on any atom is 0.147 e. The van der Waals surface area contributed by atoms with Crippen LogP contribution in [0, 0.1) is 23.2 Å². The smallest absolute Gasteiger partial charge is 0.147 e. The van der Waals surface area contributed by atoms with Gasteiger partial charge in [0.05, 0.1) is 11.7 Å². The number of likely N-dealkylation sites (tertiary alicyclic amines) is 2. The minimum absolute atomic E-state index is 0.143. The summed E-state index contributed by atoms with van der Waals surface area (Å²) < 4.78 is 6.51. The Balaban J connectivity index is 1.08. The Morgan fingerprint density at radius 1 is 1.00 bits per heavy atom. The van der Waals surface area contributed by atoms with Crippen molar-refractivity contribution in [3.8, 4) is 6.07 Å². The van der Waals surface area contributed by atoms with Gasteiger partial charge in [0, 0.05) is 61.1 Å². The molecular weight excluding hydrogens is 545 g/mol. The van der Waals surface area contributed by atoms with E-state index in [1.807, 2.05) is 18.2 Å². The molecule has 3 aliphatic heterocycles. The number of hydrogen-bond acceptors (Lipinski definition) is 5. The number of rotatable bonds is 7. The van der Waals surface area contributed by atoms with E-state index in [2.05, 4.69) is 63.0 Å². The van der Waals surface area contributed by atoms with Crippen molar-refractivity contribution >= 4 is 34.5 Å². The van der Waals surface area contributed by atoms with Gasteiger partial charge < -0.3 is 9.64 Å². The van der Waals surface area contributed by atoms with Crippen molar-refractivity contribution in [1.82, 2.24) is 9.80 Å². The van der Waals surface area contributed by atoms with Gasteiger partial charge in [-0.25, -0.2) is 0 Å². The van der Waals surface area contributed by atoms with Gasteiger partial charge in [0.2, 0.25) is 0 Å². The fraction of sp³-hybridized carbons (Fsp3) is 0.469. The van der Waals surface area contributed by atoms with Crippen molar-refractivity contribution in [1.29, 1.82) is 5.26 Å². The number of nitriles is 1. The maximum atomic E-state index is 9.85. The summed E-state index contributed by atoms with van der Waals surface area (Å²) in [7, 11) is 0. The normalized spacial score (nSPS) is 27.2. The highest BCUT2D eigenvalue weighted by atomic mass is 35.5. The quantitative estimate of drug-likeness (QED) is 0.295. The standard InChI is InChI=1S/C32H35Cl2N3OS/c33-28-7-6-24(30(34)15-28)18-37-20-27(29(21-37)25-8-13-39-22-25)19-36-11-9-32(10-12-36)16-26(31(17-35)38-32)14-23-4-2-1-3-5-23/h1-8,13,15,22,26-27,29,31H,9-12,14,16,18-21H2/t26?,27-,29+,31?/m0/s1. The van der Waals surface area contributed by atoms with Crippen molar-refractivity contribution in [2.75, 3.05) is 32.7 Å². The molecule has 204 valence electrons. The average molecular weight is 581 g/mol. The molecule has 0 amide bonds. The predicted octanol–water partition coefficient (Wildman–Crippen LogP) is 7.28. The lowest BCUT2D eigenvalue weighted by Gasteiger charge is -2.40. The second kappa shape index (κ2) is 11.9. The first-order valence-corrected chi connectivity index (χ1v) is 15.7. The van der Waals surface area contributed by atoms with Gasteiger partial charge in [-0.2, -0.15) is 16.6 Å². The molecule has 3 aliphatic rings. The summed E-state index contributed by atoms with van der Waals surface area (Å²) in [4.78, 5) is 5.20. The summed E-state index contributed by atoms with van der Waals surface area (Å²) in [5, 5.41) is 15.8. The minimum atomic E-state index is -0.303. The molecule has 0 saturated carbocycles. The highest BCUT2D eigenvalue weighted by Gasteiger charge is 2.48. The molecule has 0 radical (unpaired) electrons. The van der Waals surface area contributed by atoms with E-state index in [4.69, 9.17) is 27.9 Å². The van der Waals surface area contributed by atoms with E-state index in [9.17, 15) is 5.26 Å². The molecule has 7 heteroatoms. The van der Waals surface area contributed by atoms with Gasteiger partial charge in [-0.3, -0.25) is 4.90 Å². The van der Waals surface area contributed by atoms with Crippen LogP contribution in [-0.4, -0.2) is 54.2 Å². The second-order valence-corrected chi connectivity index (χ2v) is 13.3. The van der Waals surface area contributed by atoms with Crippen molar-refractivity contribution in [3.63, 3.8) is 0 Å². The maximum absolute atomic E-state index is 9.85. The van der Waals surface area contributed by atoms with Crippen LogP contribution >= 0.6 is 34.5 Å². The lowest BCUT2D eigenvalue weighted by atomic mass is 9.81. The van der Waals surface area contributed by atoms with Gasteiger partial charge >= 0.3 is 0 Å². The lowest BCUT2D eigenvalue weighted by molar-refractivity contribution is -0.0646. The first-order valence-electron chi connectivity index (χ1n) is 14.0. The highest BCUT2D eigenvalue weighted by molar-refractivity contribution is 7.08. The van der Waals surface area contributed by atoms with E-state index in [1.54, 1.807) is 11.3 Å². The lowest BCUT2D eigenvalue weighted by Crippen LogP contribution is -2.46. The number of halogens is 2. The Bertz CT molecular complexity index is 1290. The van der Waals surface area contributed by atoms with Crippen LogP contribution in [0.4, 0.5) is 0 Å². The van der Waals surface area contributed by atoms with E-state index in [0.717, 1.165) is 75.5 Å². The summed E-state index contributed by atoms with van der Waals surface area (Å²) in [6.07, 6.45) is 3.63. The molecule has 4 atom stereocenters. The van der Waals surface area contributed by atoms with Crippen LogP contribution < -0.4 is 0 Å². The summed E-state index contributed by atoms with van der Waals surface area (Å²) in [5.74, 6) is 1.37. The third-order valence-corrected chi connectivity index (χ3v) is 10.4. The molecule has 3 saturated heterocycles. The van der Waals surface area contributed by atoms with Crippen LogP contribution in [-0.2, 0) is 17.7 Å². The van der Waals surface area contributed by atoms with E-state index >= 15 is 0 Å². The molecule has 2 aromatic carbocycles. The monoisotopic (exact) mass is 579 g/mol. The fourth-order valence-corrected chi connectivity index (χ4v) is 8.25. The molecule has 1 spiro atoms. The number of ether oxygens (including phenoxy) is 1. The zero-order valence-electron chi connectivity index (χ0n) is 22.1. The fourth-order valence-electron chi connectivity index (χ4n) is 7.05. The van der Waals surface area contributed by atoms with Gasteiger partial charge in [0.1, 0.15) is 6.10 Å². The van der Waals surface area contributed by atoms with E-state index in [1.165, 1.54) is 11.1 Å². The Kier molecular flexibility index (Phi) is 8.33. The van der Waals surface area contributed by atoms with Crippen LogP contribution in [0.15, 0.2) is 65.4 Å². The largest absolute Gasteiger partial charge is 0.356 e. The van der Waals surface area contributed by atoms with Gasteiger partial charge in [0.25, 0.3) is 0 Å². The van der Waals surface area contributed by atoms with Gasteiger partial charge in [0.15, 0.2) is 0 Å². The number of thiophene rings is 1. The molecule has 4 heterocycles. The summed E-state index contributed by atoms with van der Waals surface area (Å²) in [6.45, 7) is 6.12. The Morgan fingerprint density at radius 2 is 1.82 bits per heavy atom. The molecule has 0 aliphatic carbocycles. The number of benzene rings is 2. The van der Waals surface area contributed by atoms with Crippen LogP contribution in [0.1, 0.15) is 41.9 Å². The molecule has 39 heavy (non-hydrogen) atoms. The number of hydrogen-bond donors (Lipinski definition) is 0. The third kappa shape index (κ3) is 6.22. The molecule has 6 rings (SSSR count). The molecule has 1 aromatic heterocycles. The molecule has 0 N–H and O–H groups in total. The van der Waals surface area contributed by atoms with Crippen LogP contribution in [0.25, 0.3) is 0 Å². The van der Waals surface area contributed by atoms with Crippen molar-refractivity contribution < 1.29 is 4.74 Å². The zero-order chi connectivity index (χ0) is 26.8. The molecule has 3 fully saturated rings. The van der Waals surface area contributed by atoms with Gasteiger partial charge in [-0.1, -0.05) is 59.6 Å². The Hall–Kier alpha value is -1.91. The molecule has 4 nitrogen and oxygen atoms in total. The van der Waals surface area contributed by atoms with Crippen LogP contribution in [0.2, 0.25) is 10.0 Å². The Morgan fingerprint density at radius 3 is 2.54 bits per heavy atom. The average Bonchev–Trinajstić information content (AvgIpc) is 3.67. The van der Waals surface area contributed by atoms with E-state index in [0.29, 0.717) is 16.9 Å². The van der Waals surface area contributed by atoms with Crippen LogP contribution in [0.5, 0.6) is 0 Å². The van der Waals surface area contributed by atoms with E-state index < -0.39 is 0 Å². The van der Waals surface area contributed by atoms with Crippen LogP contribution in [0.3, 0.4) is 0 Å². The molecule has 3 aromatic rings. The summed E-state index contributed by atoms with van der Waals surface area (Å²) in [5.41, 5.74) is 3.76. The van der Waals surface area contributed by atoms with Crippen molar-refractivity contribution in [2.24, 2.45) is 11.8 Å². The summed E-state index contributed by atoms with van der Waals surface area (Å²) >= 11 is 14.4. The molecule has 2 unspecified atom stereocenters. The summed E-state index contributed by atoms with van der Waals surface area (Å²) in [6, 6.07) is 21.1. The SMILES string of the molecule is N#CC1OC2(CCN(C[C@H]3CN(Cc4ccc(Cl)cc4Cl)C[C@@H]3c3ccsc3)CC2)CC1Cc1ccccc1. The number of nitrogens with zero attached hydrogens (tertiary/aromatic N) is 3. The van der Waals surface area contributed by atoms with Gasteiger partial charge in [-0.15, -0.1) is 0 Å². The molecular formula is C32H35Cl2N3OS. The first-order chi connectivity index (χ1) is 19.0. The Labute approximate surface area is 246 Å².